The highest BCUT2D eigenvalue weighted by Gasteiger charge is 2.33. The summed E-state index contributed by atoms with van der Waals surface area (Å²) in [6, 6.07) is 5.66. The van der Waals surface area contributed by atoms with E-state index in [2.05, 4.69) is 45.7 Å². The molecule has 0 atom stereocenters. The summed E-state index contributed by atoms with van der Waals surface area (Å²) in [4.78, 5) is 3.23. The molecule has 0 aliphatic carbocycles. The van der Waals surface area contributed by atoms with E-state index in [1.165, 1.54) is 0 Å². The molecular formula is C19H28FNS2. The summed E-state index contributed by atoms with van der Waals surface area (Å²) in [5, 5.41) is 0. The van der Waals surface area contributed by atoms with E-state index < -0.39 is 0 Å². The summed E-state index contributed by atoms with van der Waals surface area (Å²) in [6.45, 7) is 10.6. The summed E-state index contributed by atoms with van der Waals surface area (Å²) in [5.74, 6) is 0.809. The lowest BCUT2D eigenvalue weighted by atomic mass is 9.82. The van der Waals surface area contributed by atoms with Crippen LogP contribution in [0.3, 0.4) is 0 Å². The van der Waals surface area contributed by atoms with Gasteiger partial charge in [0, 0.05) is 34.0 Å². The van der Waals surface area contributed by atoms with E-state index in [4.69, 9.17) is 12.6 Å². The van der Waals surface area contributed by atoms with Crippen molar-refractivity contribution in [2.75, 3.05) is 25.9 Å². The zero-order valence-electron chi connectivity index (χ0n) is 14.8. The molecule has 0 saturated carbocycles. The van der Waals surface area contributed by atoms with Crippen molar-refractivity contribution in [1.82, 2.24) is 4.90 Å². The Hall–Kier alpha value is -0.450. The second kappa shape index (κ2) is 7.20. The summed E-state index contributed by atoms with van der Waals surface area (Å²) in [6.07, 6.45) is 3.06. The molecule has 1 heterocycles. The van der Waals surface area contributed by atoms with Crippen LogP contribution in [0.25, 0.3) is 5.57 Å². The third-order valence-corrected chi connectivity index (χ3v) is 7.01. The standard InChI is InChI=1S/C19H28FNS2/c1-18(2,19(3,4)22)13-23-15-6-7-16(17(20)12-15)14-8-10-21(5)11-9-14/h6-8,12,22H,9-11,13H2,1-5H3. The predicted octanol–water partition coefficient (Wildman–Crippen LogP) is 5.37. The SMILES string of the molecule is CN1CC=C(c2ccc(SCC(C)(C)C(C)(C)S)cc2F)CC1. The Morgan fingerprint density at radius 1 is 1.26 bits per heavy atom. The molecule has 0 N–H and O–H groups in total. The maximum Gasteiger partial charge on any atom is 0.131 e. The zero-order valence-corrected chi connectivity index (χ0v) is 16.5. The van der Waals surface area contributed by atoms with E-state index >= 15 is 0 Å². The number of halogens is 1. The minimum Gasteiger partial charge on any atom is -0.302 e. The molecule has 0 amide bonds. The minimum atomic E-state index is -0.103. The summed E-state index contributed by atoms with van der Waals surface area (Å²) in [7, 11) is 2.09. The van der Waals surface area contributed by atoms with E-state index in [1.54, 1.807) is 17.8 Å². The van der Waals surface area contributed by atoms with Gasteiger partial charge in [0.15, 0.2) is 0 Å². The summed E-state index contributed by atoms with van der Waals surface area (Å²) >= 11 is 6.40. The fraction of sp³-hybridized carbons (Fsp3) is 0.579. The molecule has 0 saturated heterocycles. The van der Waals surface area contributed by atoms with Gasteiger partial charge in [-0.1, -0.05) is 39.8 Å². The van der Waals surface area contributed by atoms with Gasteiger partial charge in [-0.05, 0) is 36.6 Å². The number of thioether (sulfide) groups is 1. The van der Waals surface area contributed by atoms with Gasteiger partial charge >= 0.3 is 0 Å². The van der Waals surface area contributed by atoms with Gasteiger partial charge in [-0.2, -0.15) is 12.6 Å². The van der Waals surface area contributed by atoms with Crippen LogP contribution < -0.4 is 0 Å². The van der Waals surface area contributed by atoms with Crippen LogP contribution in [-0.2, 0) is 0 Å². The van der Waals surface area contributed by atoms with E-state index in [-0.39, 0.29) is 16.0 Å². The van der Waals surface area contributed by atoms with Crippen LogP contribution in [0, 0.1) is 11.2 Å². The van der Waals surface area contributed by atoms with Crippen molar-refractivity contribution in [3.8, 4) is 0 Å². The van der Waals surface area contributed by atoms with Gasteiger partial charge in [0.1, 0.15) is 5.82 Å². The highest BCUT2D eigenvalue weighted by atomic mass is 32.2. The molecule has 1 aliphatic heterocycles. The smallest absolute Gasteiger partial charge is 0.131 e. The number of thiol groups is 1. The number of hydrogen-bond acceptors (Lipinski definition) is 3. The van der Waals surface area contributed by atoms with Crippen LogP contribution in [0.4, 0.5) is 4.39 Å². The van der Waals surface area contributed by atoms with Gasteiger partial charge in [0.25, 0.3) is 0 Å². The average molecular weight is 354 g/mol. The lowest BCUT2D eigenvalue weighted by Gasteiger charge is -2.37. The van der Waals surface area contributed by atoms with Gasteiger partial charge in [0.2, 0.25) is 0 Å². The Morgan fingerprint density at radius 3 is 2.48 bits per heavy atom. The molecule has 0 bridgehead atoms. The Bertz CT molecular complexity index is 588. The van der Waals surface area contributed by atoms with E-state index in [1.807, 2.05) is 12.1 Å². The van der Waals surface area contributed by atoms with E-state index in [0.717, 1.165) is 41.3 Å². The van der Waals surface area contributed by atoms with Crippen molar-refractivity contribution >= 4 is 30.0 Å². The highest BCUT2D eigenvalue weighted by Crippen LogP contribution is 2.40. The molecule has 1 aromatic carbocycles. The summed E-state index contributed by atoms with van der Waals surface area (Å²) in [5.41, 5.74) is 1.96. The van der Waals surface area contributed by atoms with Crippen LogP contribution in [0.2, 0.25) is 0 Å². The van der Waals surface area contributed by atoms with Gasteiger partial charge < -0.3 is 4.90 Å². The summed E-state index contributed by atoms with van der Waals surface area (Å²) < 4.78 is 14.4. The first-order chi connectivity index (χ1) is 10.6. The lowest BCUT2D eigenvalue weighted by Crippen LogP contribution is -2.35. The fourth-order valence-electron chi connectivity index (χ4n) is 2.30. The molecule has 1 aromatic rings. The quantitative estimate of drug-likeness (QED) is 0.560. The van der Waals surface area contributed by atoms with Gasteiger partial charge in [-0.3, -0.25) is 0 Å². The molecule has 0 spiro atoms. The van der Waals surface area contributed by atoms with Crippen molar-refractivity contribution < 1.29 is 4.39 Å². The van der Waals surface area contributed by atoms with Crippen molar-refractivity contribution in [2.45, 2.75) is 43.8 Å². The largest absolute Gasteiger partial charge is 0.302 e. The van der Waals surface area contributed by atoms with Gasteiger partial charge in [0.05, 0.1) is 0 Å². The monoisotopic (exact) mass is 353 g/mol. The van der Waals surface area contributed by atoms with Crippen LogP contribution in [0.15, 0.2) is 29.2 Å². The van der Waals surface area contributed by atoms with Crippen LogP contribution >= 0.6 is 24.4 Å². The Kier molecular flexibility index (Phi) is 5.91. The van der Waals surface area contributed by atoms with Crippen molar-refractivity contribution in [3.63, 3.8) is 0 Å². The Balaban J connectivity index is 2.08. The highest BCUT2D eigenvalue weighted by molar-refractivity contribution is 7.99. The van der Waals surface area contributed by atoms with Crippen LogP contribution in [0.1, 0.15) is 39.7 Å². The maximum atomic E-state index is 14.5. The van der Waals surface area contributed by atoms with Crippen LogP contribution in [-0.4, -0.2) is 35.5 Å². The second-order valence-corrected chi connectivity index (χ2v) is 9.78. The number of nitrogens with zero attached hydrogens (tertiary/aromatic N) is 1. The molecule has 0 fully saturated rings. The normalized spacial score (nSPS) is 17.3. The maximum absolute atomic E-state index is 14.5. The molecule has 0 aromatic heterocycles. The van der Waals surface area contributed by atoms with Gasteiger partial charge in [-0.15, -0.1) is 11.8 Å². The van der Waals surface area contributed by atoms with Crippen LogP contribution in [0.5, 0.6) is 0 Å². The van der Waals surface area contributed by atoms with Gasteiger partial charge in [-0.25, -0.2) is 4.39 Å². The molecule has 4 heteroatoms. The molecule has 2 rings (SSSR count). The molecule has 0 unspecified atom stereocenters. The molecular weight excluding hydrogens is 325 g/mol. The lowest BCUT2D eigenvalue weighted by molar-refractivity contribution is 0.331. The minimum absolute atomic E-state index is 0.0619. The third kappa shape index (κ3) is 4.77. The number of likely N-dealkylation sites (N-methyl/N-ethyl adjacent to an activating group) is 1. The molecule has 23 heavy (non-hydrogen) atoms. The second-order valence-electron chi connectivity index (χ2n) is 7.61. The first kappa shape index (κ1) is 18.9. The third-order valence-electron chi connectivity index (χ3n) is 4.95. The zero-order chi connectivity index (χ0) is 17.3. The number of benzene rings is 1. The molecule has 1 nitrogen and oxygen atoms in total. The van der Waals surface area contributed by atoms with E-state index in [9.17, 15) is 4.39 Å². The Labute approximate surface area is 150 Å². The number of hydrogen-bond donors (Lipinski definition) is 1. The molecule has 0 radical (unpaired) electrons. The first-order valence-corrected chi connectivity index (χ1v) is 9.56. The first-order valence-electron chi connectivity index (χ1n) is 8.13. The Morgan fingerprint density at radius 2 is 1.96 bits per heavy atom. The topological polar surface area (TPSA) is 3.24 Å². The predicted molar refractivity (Wildman–Crippen MR) is 104 cm³/mol. The average Bonchev–Trinajstić information content (AvgIpc) is 2.45. The van der Waals surface area contributed by atoms with Crippen molar-refractivity contribution in [2.24, 2.45) is 5.41 Å². The van der Waals surface area contributed by atoms with E-state index in [0.29, 0.717) is 0 Å². The van der Waals surface area contributed by atoms with Crippen molar-refractivity contribution in [3.05, 3.63) is 35.7 Å². The molecule has 128 valence electrons. The molecule has 1 aliphatic rings. The fourth-order valence-corrected chi connectivity index (χ4v) is 3.73. The number of rotatable bonds is 5. The van der Waals surface area contributed by atoms with Crippen molar-refractivity contribution in [1.29, 1.82) is 0 Å².